The van der Waals surface area contributed by atoms with Crippen LogP contribution in [0, 0.1) is 0 Å². The summed E-state index contributed by atoms with van der Waals surface area (Å²) in [5.74, 6) is -0.114. The van der Waals surface area contributed by atoms with E-state index in [9.17, 15) is 9.90 Å². The Balaban J connectivity index is 1.74. The van der Waals surface area contributed by atoms with Crippen LogP contribution in [0.5, 0.6) is 0 Å². The fraction of sp³-hybridized carbons (Fsp3) is 0.316. The molecular weight excluding hydrogens is 274 g/mol. The van der Waals surface area contributed by atoms with Gasteiger partial charge in [0.2, 0.25) is 5.91 Å². The topological polar surface area (TPSA) is 49.3 Å². The van der Waals surface area contributed by atoms with E-state index in [-0.39, 0.29) is 18.4 Å². The van der Waals surface area contributed by atoms with E-state index in [1.165, 1.54) is 5.56 Å². The molecule has 2 unspecified atom stereocenters. The number of carbonyl (C=O) groups is 1. The number of benzene rings is 2. The quantitative estimate of drug-likeness (QED) is 0.824. The summed E-state index contributed by atoms with van der Waals surface area (Å²) >= 11 is 0. The third-order valence-corrected chi connectivity index (χ3v) is 3.68. The lowest BCUT2D eigenvalue weighted by atomic mass is 10.0. The van der Waals surface area contributed by atoms with E-state index in [2.05, 4.69) is 17.4 Å². The Kier molecular flexibility index (Phi) is 6.16. The van der Waals surface area contributed by atoms with Gasteiger partial charge in [0.1, 0.15) is 0 Å². The number of hydrogen-bond donors (Lipinski definition) is 2. The SMILES string of the molecule is CC(CCc1ccccc1)NC(=O)CC(O)c1ccccc1. The average Bonchev–Trinajstić information content (AvgIpc) is 2.54. The fourth-order valence-corrected chi connectivity index (χ4v) is 2.40. The van der Waals surface area contributed by atoms with Crippen molar-refractivity contribution in [3.63, 3.8) is 0 Å². The molecule has 22 heavy (non-hydrogen) atoms. The smallest absolute Gasteiger partial charge is 0.223 e. The van der Waals surface area contributed by atoms with Crippen LogP contribution in [-0.2, 0) is 11.2 Å². The Labute approximate surface area is 132 Å². The molecule has 0 spiro atoms. The van der Waals surface area contributed by atoms with Crippen molar-refractivity contribution in [1.29, 1.82) is 0 Å². The number of amides is 1. The second kappa shape index (κ2) is 8.35. The minimum absolute atomic E-state index is 0.0932. The molecule has 3 nitrogen and oxygen atoms in total. The second-order valence-corrected chi connectivity index (χ2v) is 5.62. The summed E-state index contributed by atoms with van der Waals surface area (Å²) in [6.45, 7) is 2.00. The Morgan fingerprint density at radius 1 is 1.05 bits per heavy atom. The van der Waals surface area contributed by atoms with Crippen molar-refractivity contribution in [2.45, 2.75) is 38.3 Å². The highest BCUT2D eigenvalue weighted by atomic mass is 16.3. The van der Waals surface area contributed by atoms with E-state index in [1.807, 2.05) is 55.5 Å². The zero-order valence-electron chi connectivity index (χ0n) is 12.9. The molecule has 0 saturated heterocycles. The van der Waals surface area contributed by atoms with Crippen LogP contribution in [0.25, 0.3) is 0 Å². The van der Waals surface area contributed by atoms with E-state index in [4.69, 9.17) is 0 Å². The van der Waals surface area contributed by atoms with Gasteiger partial charge in [-0.15, -0.1) is 0 Å². The van der Waals surface area contributed by atoms with Crippen LogP contribution in [0.4, 0.5) is 0 Å². The van der Waals surface area contributed by atoms with Crippen LogP contribution >= 0.6 is 0 Å². The Bertz CT molecular complexity index is 569. The highest BCUT2D eigenvalue weighted by Crippen LogP contribution is 2.15. The van der Waals surface area contributed by atoms with Crippen molar-refractivity contribution in [3.8, 4) is 0 Å². The minimum atomic E-state index is -0.748. The van der Waals surface area contributed by atoms with Crippen LogP contribution < -0.4 is 5.32 Å². The van der Waals surface area contributed by atoms with Gasteiger partial charge < -0.3 is 10.4 Å². The molecular formula is C19H23NO2. The first-order valence-corrected chi connectivity index (χ1v) is 7.71. The molecule has 2 rings (SSSR count). The molecule has 2 aromatic rings. The molecule has 3 heteroatoms. The van der Waals surface area contributed by atoms with Crippen molar-refractivity contribution in [2.75, 3.05) is 0 Å². The molecule has 0 saturated carbocycles. The number of aliphatic hydroxyl groups excluding tert-OH is 1. The summed E-state index contributed by atoms with van der Waals surface area (Å²) in [5, 5.41) is 13.0. The Morgan fingerprint density at radius 3 is 2.27 bits per heavy atom. The summed E-state index contributed by atoms with van der Waals surface area (Å²) in [4.78, 5) is 12.0. The van der Waals surface area contributed by atoms with Gasteiger partial charge in [0.05, 0.1) is 12.5 Å². The number of aryl methyl sites for hydroxylation is 1. The van der Waals surface area contributed by atoms with Crippen molar-refractivity contribution >= 4 is 5.91 Å². The maximum Gasteiger partial charge on any atom is 0.223 e. The van der Waals surface area contributed by atoms with Crippen molar-refractivity contribution in [3.05, 3.63) is 71.8 Å². The monoisotopic (exact) mass is 297 g/mol. The molecule has 0 aliphatic heterocycles. The van der Waals surface area contributed by atoms with E-state index in [1.54, 1.807) is 0 Å². The van der Waals surface area contributed by atoms with Gasteiger partial charge >= 0.3 is 0 Å². The first kappa shape index (κ1) is 16.2. The van der Waals surface area contributed by atoms with Gasteiger partial charge in [0.15, 0.2) is 0 Å². The predicted octanol–water partition coefficient (Wildman–Crippen LogP) is 3.25. The molecule has 116 valence electrons. The molecule has 2 aromatic carbocycles. The number of rotatable bonds is 7. The Morgan fingerprint density at radius 2 is 1.64 bits per heavy atom. The first-order chi connectivity index (χ1) is 10.6. The summed E-state index contributed by atoms with van der Waals surface area (Å²) < 4.78 is 0. The molecule has 2 N–H and O–H groups in total. The highest BCUT2D eigenvalue weighted by molar-refractivity contribution is 5.76. The lowest BCUT2D eigenvalue weighted by Gasteiger charge is -2.16. The van der Waals surface area contributed by atoms with E-state index >= 15 is 0 Å². The zero-order valence-corrected chi connectivity index (χ0v) is 12.9. The van der Waals surface area contributed by atoms with E-state index in [0.717, 1.165) is 18.4 Å². The molecule has 2 atom stereocenters. The van der Waals surface area contributed by atoms with Crippen molar-refractivity contribution in [1.82, 2.24) is 5.32 Å². The van der Waals surface area contributed by atoms with Gasteiger partial charge in [-0.2, -0.15) is 0 Å². The molecule has 0 fully saturated rings. The van der Waals surface area contributed by atoms with E-state index in [0.29, 0.717) is 0 Å². The van der Waals surface area contributed by atoms with Gasteiger partial charge in [-0.05, 0) is 30.9 Å². The van der Waals surface area contributed by atoms with Crippen LogP contribution in [0.15, 0.2) is 60.7 Å². The molecule has 1 amide bonds. The third-order valence-electron chi connectivity index (χ3n) is 3.68. The van der Waals surface area contributed by atoms with Gasteiger partial charge in [0, 0.05) is 6.04 Å². The maximum absolute atomic E-state index is 12.0. The molecule has 0 aliphatic rings. The number of nitrogens with one attached hydrogen (secondary N) is 1. The first-order valence-electron chi connectivity index (χ1n) is 7.71. The normalized spacial score (nSPS) is 13.4. The number of carbonyl (C=O) groups excluding carboxylic acids is 1. The summed E-state index contributed by atoms with van der Waals surface area (Å²) in [6.07, 6.45) is 1.17. The van der Waals surface area contributed by atoms with Crippen molar-refractivity contribution in [2.24, 2.45) is 0 Å². The summed E-state index contributed by atoms with van der Waals surface area (Å²) in [7, 11) is 0. The molecule has 0 aromatic heterocycles. The third kappa shape index (κ3) is 5.34. The predicted molar refractivity (Wildman–Crippen MR) is 88.4 cm³/mol. The average molecular weight is 297 g/mol. The van der Waals surface area contributed by atoms with E-state index < -0.39 is 6.10 Å². The molecule has 0 aliphatic carbocycles. The van der Waals surface area contributed by atoms with Crippen LogP contribution in [0.3, 0.4) is 0 Å². The van der Waals surface area contributed by atoms with Gasteiger partial charge in [-0.1, -0.05) is 60.7 Å². The summed E-state index contributed by atoms with van der Waals surface area (Å²) in [6, 6.07) is 19.6. The van der Waals surface area contributed by atoms with Crippen LogP contribution in [0.1, 0.15) is 37.0 Å². The zero-order chi connectivity index (χ0) is 15.8. The standard InChI is InChI=1S/C19H23NO2/c1-15(12-13-16-8-4-2-5-9-16)20-19(22)14-18(21)17-10-6-3-7-11-17/h2-11,15,18,21H,12-14H2,1H3,(H,20,22). The fourth-order valence-electron chi connectivity index (χ4n) is 2.40. The molecule has 0 heterocycles. The number of hydrogen-bond acceptors (Lipinski definition) is 2. The van der Waals surface area contributed by atoms with Crippen molar-refractivity contribution < 1.29 is 9.90 Å². The number of aliphatic hydroxyl groups is 1. The minimum Gasteiger partial charge on any atom is -0.388 e. The lowest BCUT2D eigenvalue weighted by molar-refractivity contribution is -0.123. The Hall–Kier alpha value is -2.13. The van der Waals surface area contributed by atoms with Gasteiger partial charge in [0.25, 0.3) is 0 Å². The molecule has 0 radical (unpaired) electrons. The largest absolute Gasteiger partial charge is 0.388 e. The van der Waals surface area contributed by atoms with Gasteiger partial charge in [-0.3, -0.25) is 4.79 Å². The summed E-state index contributed by atoms with van der Waals surface area (Å²) in [5.41, 5.74) is 2.04. The van der Waals surface area contributed by atoms with Crippen LogP contribution in [0.2, 0.25) is 0 Å². The molecule has 0 bridgehead atoms. The second-order valence-electron chi connectivity index (χ2n) is 5.62. The van der Waals surface area contributed by atoms with Crippen LogP contribution in [-0.4, -0.2) is 17.1 Å². The highest BCUT2D eigenvalue weighted by Gasteiger charge is 2.14. The van der Waals surface area contributed by atoms with Gasteiger partial charge in [-0.25, -0.2) is 0 Å². The lowest BCUT2D eigenvalue weighted by Crippen LogP contribution is -2.33. The maximum atomic E-state index is 12.0.